The molecule has 1 heterocycles. The summed E-state index contributed by atoms with van der Waals surface area (Å²) in [6.45, 7) is 0. The highest BCUT2D eigenvalue weighted by molar-refractivity contribution is 9.10. The lowest BCUT2D eigenvalue weighted by molar-refractivity contribution is 0.0690. The van der Waals surface area contributed by atoms with E-state index in [1.165, 1.54) is 4.80 Å². The molecule has 5 nitrogen and oxygen atoms in total. The van der Waals surface area contributed by atoms with Crippen LogP contribution in [0.2, 0.25) is 0 Å². The van der Waals surface area contributed by atoms with Crippen molar-refractivity contribution in [1.29, 1.82) is 0 Å². The van der Waals surface area contributed by atoms with Gasteiger partial charge in [-0.05, 0) is 12.1 Å². The normalized spacial score (nSPS) is 10.4. The zero-order valence-electron chi connectivity index (χ0n) is 8.38. The number of carboxylic acids is 1. The summed E-state index contributed by atoms with van der Waals surface area (Å²) in [4.78, 5) is 12.2. The number of benzene rings is 1. The minimum absolute atomic E-state index is 0.0411. The van der Waals surface area contributed by atoms with Gasteiger partial charge in [0.25, 0.3) is 0 Å². The van der Waals surface area contributed by atoms with E-state index in [1.54, 1.807) is 19.2 Å². The average Bonchev–Trinajstić information content (AvgIpc) is 2.60. The lowest BCUT2D eigenvalue weighted by atomic mass is 10.1. The molecule has 6 heteroatoms. The van der Waals surface area contributed by atoms with Gasteiger partial charge in [0.2, 0.25) is 0 Å². The molecule has 0 radical (unpaired) electrons. The van der Waals surface area contributed by atoms with Crippen LogP contribution in [0.15, 0.2) is 28.7 Å². The molecule has 1 aromatic heterocycles. The quantitative estimate of drug-likeness (QED) is 0.914. The Bertz CT molecular complexity index is 551. The highest BCUT2D eigenvalue weighted by Crippen LogP contribution is 2.23. The third kappa shape index (κ3) is 1.96. The van der Waals surface area contributed by atoms with Crippen LogP contribution in [0.25, 0.3) is 11.3 Å². The van der Waals surface area contributed by atoms with Crippen LogP contribution in [-0.2, 0) is 7.05 Å². The van der Waals surface area contributed by atoms with Crippen molar-refractivity contribution in [2.45, 2.75) is 0 Å². The maximum absolute atomic E-state index is 11.0. The van der Waals surface area contributed by atoms with E-state index in [2.05, 4.69) is 26.1 Å². The first-order chi connectivity index (χ1) is 7.58. The Kier molecular flexibility index (Phi) is 2.74. The van der Waals surface area contributed by atoms with E-state index in [9.17, 15) is 4.79 Å². The zero-order chi connectivity index (χ0) is 11.7. The van der Waals surface area contributed by atoms with E-state index in [0.29, 0.717) is 5.69 Å². The fourth-order valence-corrected chi connectivity index (χ4v) is 1.78. The average molecular weight is 282 g/mol. The highest BCUT2D eigenvalue weighted by Gasteiger charge is 2.18. The Morgan fingerprint density at radius 1 is 1.44 bits per heavy atom. The summed E-state index contributed by atoms with van der Waals surface area (Å²) in [6.07, 6.45) is 0. The van der Waals surface area contributed by atoms with Gasteiger partial charge >= 0.3 is 5.97 Å². The number of hydrogen-bond donors (Lipinski definition) is 1. The predicted octanol–water partition coefficient (Wildman–Crippen LogP) is 1.94. The molecule has 0 aliphatic rings. The van der Waals surface area contributed by atoms with E-state index in [0.717, 1.165) is 10.0 Å². The molecule has 0 fully saturated rings. The molecule has 82 valence electrons. The standard InChI is InChI=1S/C10H8BrN3O2/c1-14-12-8(9(13-14)10(15)16)6-3-2-4-7(11)5-6/h2-5H,1H3,(H,15,16). The van der Waals surface area contributed by atoms with E-state index < -0.39 is 5.97 Å². The maximum atomic E-state index is 11.0. The van der Waals surface area contributed by atoms with Crippen LogP contribution in [0.5, 0.6) is 0 Å². The van der Waals surface area contributed by atoms with E-state index >= 15 is 0 Å². The molecule has 0 saturated heterocycles. The molecule has 1 aromatic carbocycles. The summed E-state index contributed by atoms with van der Waals surface area (Å²) in [5.74, 6) is -1.08. The van der Waals surface area contributed by atoms with Gasteiger partial charge in [0.05, 0.1) is 0 Å². The number of carboxylic acid groups (broad SMARTS) is 1. The van der Waals surface area contributed by atoms with Gasteiger partial charge < -0.3 is 5.11 Å². The van der Waals surface area contributed by atoms with Crippen molar-refractivity contribution >= 4 is 21.9 Å². The van der Waals surface area contributed by atoms with Crippen molar-refractivity contribution in [3.05, 3.63) is 34.4 Å². The van der Waals surface area contributed by atoms with Gasteiger partial charge in [-0.25, -0.2) is 4.79 Å². The van der Waals surface area contributed by atoms with Gasteiger partial charge in [-0.15, -0.1) is 5.10 Å². The summed E-state index contributed by atoms with van der Waals surface area (Å²) in [7, 11) is 1.59. The monoisotopic (exact) mass is 281 g/mol. The summed E-state index contributed by atoms with van der Waals surface area (Å²) >= 11 is 3.33. The number of rotatable bonds is 2. The first-order valence-electron chi connectivity index (χ1n) is 4.48. The second-order valence-corrected chi connectivity index (χ2v) is 4.12. The molecule has 16 heavy (non-hydrogen) atoms. The number of nitrogens with zero attached hydrogens (tertiary/aromatic N) is 3. The third-order valence-electron chi connectivity index (χ3n) is 2.01. The van der Waals surface area contributed by atoms with E-state index in [1.807, 2.05) is 12.1 Å². The van der Waals surface area contributed by atoms with Crippen molar-refractivity contribution < 1.29 is 9.90 Å². The molecule has 2 aromatic rings. The second-order valence-electron chi connectivity index (χ2n) is 3.20. The maximum Gasteiger partial charge on any atom is 0.358 e. The van der Waals surface area contributed by atoms with Gasteiger partial charge in [-0.2, -0.15) is 9.90 Å². The molecular weight excluding hydrogens is 274 g/mol. The van der Waals surface area contributed by atoms with Gasteiger partial charge in [-0.1, -0.05) is 28.1 Å². The van der Waals surface area contributed by atoms with Gasteiger partial charge in [0.15, 0.2) is 5.69 Å². The van der Waals surface area contributed by atoms with Gasteiger partial charge in [-0.3, -0.25) is 0 Å². The van der Waals surface area contributed by atoms with Crippen molar-refractivity contribution in [3.8, 4) is 11.3 Å². The number of hydrogen-bond acceptors (Lipinski definition) is 3. The molecule has 0 spiro atoms. The Hall–Kier alpha value is -1.69. The van der Waals surface area contributed by atoms with Gasteiger partial charge in [0.1, 0.15) is 5.69 Å². The lowest BCUT2D eigenvalue weighted by Gasteiger charge is -1.97. The molecule has 0 amide bonds. The lowest BCUT2D eigenvalue weighted by Crippen LogP contribution is -2.00. The molecule has 0 aliphatic carbocycles. The molecular formula is C10H8BrN3O2. The van der Waals surface area contributed by atoms with Crippen LogP contribution in [0, 0.1) is 0 Å². The molecule has 0 bridgehead atoms. The smallest absolute Gasteiger partial charge is 0.358 e. The zero-order valence-corrected chi connectivity index (χ0v) is 9.97. The topological polar surface area (TPSA) is 68.0 Å². The summed E-state index contributed by atoms with van der Waals surface area (Å²) in [5, 5.41) is 16.8. The fourth-order valence-electron chi connectivity index (χ4n) is 1.38. The molecule has 0 aliphatic heterocycles. The Labute approximate surface area is 99.8 Å². The fraction of sp³-hybridized carbons (Fsp3) is 0.100. The van der Waals surface area contributed by atoms with E-state index in [4.69, 9.17) is 5.11 Å². The number of aryl methyl sites for hydroxylation is 1. The van der Waals surface area contributed by atoms with Crippen molar-refractivity contribution in [2.24, 2.45) is 7.05 Å². The minimum atomic E-state index is -1.08. The third-order valence-corrected chi connectivity index (χ3v) is 2.51. The Morgan fingerprint density at radius 2 is 2.19 bits per heavy atom. The first-order valence-corrected chi connectivity index (χ1v) is 5.28. The van der Waals surface area contributed by atoms with Crippen molar-refractivity contribution in [2.75, 3.05) is 0 Å². The van der Waals surface area contributed by atoms with Crippen LogP contribution >= 0.6 is 15.9 Å². The number of aromatic carboxylic acids is 1. The second kappa shape index (κ2) is 4.05. The molecule has 2 rings (SSSR count). The predicted molar refractivity (Wildman–Crippen MR) is 61.1 cm³/mol. The van der Waals surface area contributed by atoms with Crippen LogP contribution in [0.4, 0.5) is 0 Å². The molecule has 0 atom stereocenters. The molecule has 0 saturated carbocycles. The number of halogens is 1. The van der Waals surface area contributed by atoms with Crippen LogP contribution in [0.1, 0.15) is 10.5 Å². The SMILES string of the molecule is Cn1nc(C(=O)O)c(-c2cccc(Br)c2)n1. The van der Waals surface area contributed by atoms with Crippen LogP contribution < -0.4 is 0 Å². The molecule has 1 N–H and O–H groups in total. The summed E-state index contributed by atoms with van der Waals surface area (Å²) < 4.78 is 0.868. The minimum Gasteiger partial charge on any atom is -0.476 e. The Morgan fingerprint density at radius 3 is 2.81 bits per heavy atom. The Balaban J connectivity index is 2.59. The largest absolute Gasteiger partial charge is 0.476 e. The highest BCUT2D eigenvalue weighted by atomic mass is 79.9. The van der Waals surface area contributed by atoms with Crippen LogP contribution in [0.3, 0.4) is 0 Å². The molecule has 0 unspecified atom stereocenters. The van der Waals surface area contributed by atoms with Crippen molar-refractivity contribution in [3.63, 3.8) is 0 Å². The first kappa shape index (κ1) is 10.8. The summed E-state index contributed by atoms with van der Waals surface area (Å²) in [6, 6.07) is 7.28. The van der Waals surface area contributed by atoms with Gasteiger partial charge in [0, 0.05) is 17.1 Å². The summed E-state index contributed by atoms with van der Waals surface area (Å²) in [5.41, 5.74) is 1.05. The van der Waals surface area contributed by atoms with E-state index in [-0.39, 0.29) is 5.69 Å². The number of aromatic nitrogens is 3. The van der Waals surface area contributed by atoms with Crippen molar-refractivity contribution in [1.82, 2.24) is 15.0 Å². The van der Waals surface area contributed by atoms with Crippen LogP contribution in [-0.4, -0.2) is 26.1 Å². The number of carbonyl (C=O) groups is 1.